The predicted molar refractivity (Wildman–Crippen MR) is 128 cm³/mol. The fourth-order valence-corrected chi connectivity index (χ4v) is 5.58. The van der Waals surface area contributed by atoms with E-state index in [-0.39, 0.29) is 11.9 Å². The second kappa shape index (κ2) is 10.5. The SMILES string of the molecule is O=C(O)C(c1ccc(F)cc1C1CC1)N1CC[C@@H](OCCCCc2ccc3c(n2)CCCC3)C1. The topological polar surface area (TPSA) is 62.7 Å². The van der Waals surface area contributed by atoms with Crippen molar-refractivity contribution in [3.05, 3.63) is 64.2 Å². The number of hydrogen-bond donors (Lipinski definition) is 1. The Balaban J connectivity index is 1.10. The van der Waals surface area contributed by atoms with Crippen molar-refractivity contribution < 1.29 is 19.0 Å². The summed E-state index contributed by atoms with van der Waals surface area (Å²) in [4.78, 5) is 19.1. The van der Waals surface area contributed by atoms with Gasteiger partial charge in [0, 0.05) is 31.1 Å². The summed E-state index contributed by atoms with van der Waals surface area (Å²) in [6, 6.07) is 8.29. The van der Waals surface area contributed by atoms with Crippen molar-refractivity contribution in [3.8, 4) is 0 Å². The molecule has 34 heavy (non-hydrogen) atoms. The van der Waals surface area contributed by atoms with Crippen molar-refractivity contribution in [1.82, 2.24) is 9.88 Å². The number of benzene rings is 1. The van der Waals surface area contributed by atoms with E-state index in [4.69, 9.17) is 9.72 Å². The fraction of sp³-hybridized carbons (Fsp3) is 0.571. The number of likely N-dealkylation sites (tertiary alicyclic amines) is 1. The van der Waals surface area contributed by atoms with Gasteiger partial charge in [0.2, 0.25) is 0 Å². The van der Waals surface area contributed by atoms with Gasteiger partial charge in [-0.15, -0.1) is 0 Å². The van der Waals surface area contributed by atoms with Crippen molar-refractivity contribution in [1.29, 1.82) is 0 Å². The quantitative estimate of drug-likeness (QED) is 0.487. The van der Waals surface area contributed by atoms with Crippen LogP contribution in [-0.2, 0) is 28.8 Å². The van der Waals surface area contributed by atoms with Crippen molar-refractivity contribution >= 4 is 5.97 Å². The van der Waals surface area contributed by atoms with Gasteiger partial charge in [-0.25, -0.2) is 4.39 Å². The maximum atomic E-state index is 13.8. The molecular formula is C28H35FN2O3. The summed E-state index contributed by atoms with van der Waals surface area (Å²) < 4.78 is 20.0. The van der Waals surface area contributed by atoms with Crippen LogP contribution in [0.1, 0.15) is 85.0 Å². The Labute approximate surface area is 201 Å². The normalized spacial score (nSPS) is 21.4. The van der Waals surface area contributed by atoms with Gasteiger partial charge >= 0.3 is 5.97 Å². The standard InChI is InChI=1S/C28H35FN2O3/c29-21-11-13-24(25(17-21)19-8-9-19)27(28(32)33)31-15-14-23(18-31)34-16-4-3-6-22-12-10-20-5-1-2-7-26(20)30-22/h10-13,17,19,23,27H,1-9,14-16,18H2,(H,32,33)/t23-,27?/m1/s1. The summed E-state index contributed by atoms with van der Waals surface area (Å²) in [6.45, 7) is 1.97. The summed E-state index contributed by atoms with van der Waals surface area (Å²) in [6.07, 6.45) is 10.7. The highest BCUT2D eigenvalue weighted by Gasteiger charge is 2.37. The van der Waals surface area contributed by atoms with Crippen LogP contribution in [0.3, 0.4) is 0 Å². The molecule has 2 aliphatic carbocycles. The molecule has 5 rings (SSSR count). The number of carboxylic acids is 1. The molecule has 0 spiro atoms. The summed E-state index contributed by atoms with van der Waals surface area (Å²) >= 11 is 0. The van der Waals surface area contributed by atoms with Crippen LogP contribution in [0.4, 0.5) is 4.39 Å². The minimum Gasteiger partial charge on any atom is -0.480 e. The summed E-state index contributed by atoms with van der Waals surface area (Å²) in [5, 5.41) is 10.0. The summed E-state index contributed by atoms with van der Waals surface area (Å²) in [7, 11) is 0. The Kier molecular flexibility index (Phi) is 7.26. The van der Waals surface area contributed by atoms with Gasteiger partial charge in [-0.3, -0.25) is 14.7 Å². The lowest BCUT2D eigenvalue weighted by atomic mass is 9.95. The van der Waals surface area contributed by atoms with Crippen LogP contribution >= 0.6 is 0 Å². The number of aryl methyl sites for hydroxylation is 3. The molecular weight excluding hydrogens is 431 g/mol. The monoisotopic (exact) mass is 466 g/mol. The van der Waals surface area contributed by atoms with Crippen molar-refractivity contribution in [2.24, 2.45) is 0 Å². The predicted octanol–water partition coefficient (Wildman–Crippen LogP) is 5.22. The number of ether oxygens (including phenoxy) is 1. The molecule has 1 N–H and O–H groups in total. The molecule has 1 aromatic heterocycles. The molecule has 1 unspecified atom stereocenters. The molecule has 2 fully saturated rings. The number of nitrogens with zero attached hydrogens (tertiary/aromatic N) is 2. The molecule has 1 aromatic carbocycles. The Morgan fingerprint density at radius 1 is 1.15 bits per heavy atom. The molecule has 2 heterocycles. The van der Waals surface area contributed by atoms with E-state index in [1.807, 2.05) is 4.90 Å². The van der Waals surface area contributed by atoms with E-state index in [2.05, 4.69) is 12.1 Å². The number of rotatable bonds is 10. The molecule has 0 bridgehead atoms. The highest BCUT2D eigenvalue weighted by molar-refractivity contribution is 5.76. The number of fused-ring (bicyclic) bond motifs is 1. The molecule has 182 valence electrons. The molecule has 3 aliphatic rings. The maximum absolute atomic E-state index is 13.8. The van der Waals surface area contributed by atoms with Gasteiger partial charge in [0.1, 0.15) is 11.9 Å². The van der Waals surface area contributed by atoms with E-state index in [1.165, 1.54) is 48.3 Å². The largest absolute Gasteiger partial charge is 0.480 e. The number of carboxylic acid groups (broad SMARTS) is 1. The first-order chi connectivity index (χ1) is 16.6. The average Bonchev–Trinajstić information content (AvgIpc) is 3.58. The van der Waals surface area contributed by atoms with Crippen LogP contribution in [0.25, 0.3) is 0 Å². The number of halogens is 1. The lowest BCUT2D eigenvalue weighted by Gasteiger charge is -2.26. The molecule has 1 saturated carbocycles. The Bertz CT molecular complexity index is 1020. The van der Waals surface area contributed by atoms with Crippen LogP contribution in [0.15, 0.2) is 30.3 Å². The zero-order valence-electron chi connectivity index (χ0n) is 19.8. The number of carbonyl (C=O) groups is 1. The first-order valence-electron chi connectivity index (χ1n) is 12.9. The van der Waals surface area contributed by atoms with Crippen LogP contribution in [-0.4, -0.2) is 46.8 Å². The Morgan fingerprint density at radius 3 is 2.82 bits per heavy atom. The van der Waals surface area contributed by atoms with E-state index >= 15 is 0 Å². The number of unbranched alkanes of at least 4 members (excludes halogenated alkanes) is 1. The first-order valence-corrected chi connectivity index (χ1v) is 12.9. The first kappa shape index (κ1) is 23.4. The second-order valence-corrected chi connectivity index (χ2v) is 10.1. The Hall–Kier alpha value is -2.31. The van der Waals surface area contributed by atoms with Gasteiger partial charge in [0.25, 0.3) is 0 Å². The number of aliphatic carboxylic acids is 1. The molecule has 1 saturated heterocycles. The zero-order valence-corrected chi connectivity index (χ0v) is 19.8. The number of aromatic nitrogens is 1. The highest BCUT2D eigenvalue weighted by atomic mass is 19.1. The maximum Gasteiger partial charge on any atom is 0.325 e. The summed E-state index contributed by atoms with van der Waals surface area (Å²) in [5.41, 5.74) is 5.52. The van der Waals surface area contributed by atoms with E-state index in [9.17, 15) is 14.3 Å². The van der Waals surface area contributed by atoms with Crippen LogP contribution < -0.4 is 0 Å². The third-order valence-electron chi connectivity index (χ3n) is 7.55. The highest BCUT2D eigenvalue weighted by Crippen LogP contribution is 2.44. The fourth-order valence-electron chi connectivity index (χ4n) is 5.58. The van der Waals surface area contributed by atoms with E-state index < -0.39 is 12.0 Å². The van der Waals surface area contributed by atoms with Gasteiger partial charge in [0.15, 0.2) is 0 Å². The molecule has 0 amide bonds. The van der Waals surface area contributed by atoms with Crippen LogP contribution in [0, 0.1) is 5.82 Å². The van der Waals surface area contributed by atoms with Gasteiger partial charge in [0.05, 0.1) is 6.10 Å². The molecule has 5 nitrogen and oxygen atoms in total. The molecule has 2 aromatic rings. The third kappa shape index (κ3) is 5.49. The third-order valence-corrected chi connectivity index (χ3v) is 7.55. The summed E-state index contributed by atoms with van der Waals surface area (Å²) in [5.74, 6) is -0.860. The molecule has 2 atom stereocenters. The second-order valence-electron chi connectivity index (χ2n) is 10.1. The van der Waals surface area contributed by atoms with Crippen molar-refractivity contribution in [2.45, 2.75) is 82.3 Å². The van der Waals surface area contributed by atoms with Crippen molar-refractivity contribution in [2.75, 3.05) is 19.7 Å². The molecule has 6 heteroatoms. The van der Waals surface area contributed by atoms with Gasteiger partial charge in [-0.1, -0.05) is 12.1 Å². The lowest BCUT2D eigenvalue weighted by Crippen LogP contribution is -2.34. The molecule has 0 radical (unpaired) electrons. The number of hydrogen-bond acceptors (Lipinski definition) is 4. The van der Waals surface area contributed by atoms with Crippen molar-refractivity contribution in [3.63, 3.8) is 0 Å². The smallest absolute Gasteiger partial charge is 0.325 e. The van der Waals surface area contributed by atoms with Crippen LogP contribution in [0.5, 0.6) is 0 Å². The zero-order chi connectivity index (χ0) is 23.5. The minimum absolute atomic E-state index is 0.0496. The minimum atomic E-state index is -0.869. The van der Waals surface area contributed by atoms with E-state index in [0.29, 0.717) is 25.6 Å². The van der Waals surface area contributed by atoms with E-state index in [0.717, 1.165) is 56.1 Å². The van der Waals surface area contributed by atoms with Gasteiger partial charge < -0.3 is 9.84 Å². The van der Waals surface area contributed by atoms with Gasteiger partial charge in [-0.2, -0.15) is 0 Å². The van der Waals surface area contributed by atoms with Crippen LogP contribution in [0.2, 0.25) is 0 Å². The number of pyridine rings is 1. The average molecular weight is 467 g/mol. The lowest BCUT2D eigenvalue weighted by molar-refractivity contribution is -0.143. The molecule has 1 aliphatic heterocycles. The van der Waals surface area contributed by atoms with E-state index in [1.54, 1.807) is 6.07 Å². The Morgan fingerprint density at radius 2 is 2.00 bits per heavy atom. The van der Waals surface area contributed by atoms with Gasteiger partial charge in [-0.05, 0) is 105 Å².